The van der Waals surface area contributed by atoms with Crippen LogP contribution < -0.4 is 0 Å². The molecule has 0 aliphatic heterocycles. The van der Waals surface area contributed by atoms with Crippen molar-refractivity contribution in [3.8, 4) is 11.5 Å². The molecule has 4 aromatic rings. The second-order valence-corrected chi connectivity index (χ2v) is 7.69. The van der Waals surface area contributed by atoms with Crippen molar-refractivity contribution in [2.45, 2.75) is 11.5 Å². The summed E-state index contributed by atoms with van der Waals surface area (Å²) in [5.74, 6) is 0.510. The van der Waals surface area contributed by atoms with Crippen molar-refractivity contribution in [2.24, 2.45) is 0 Å². The number of nitrogens with zero attached hydrogens (tertiary/aromatic N) is 3. The Hall–Kier alpha value is -2.68. The Balaban J connectivity index is 1.95. The number of benzene rings is 2. The monoisotopic (exact) mass is 389 g/mol. The van der Waals surface area contributed by atoms with E-state index in [4.69, 9.17) is 21.1 Å². The van der Waals surface area contributed by atoms with Gasteiger partial charge in [-0.3, -0.25) is 0 Å². The van der Waals surface area contributed by atoms with Crippen molar-refractivity contribution in [1.29, 1.82) is 0 Å². The fourth-order valence-corrected chi connectivity index (χ4v) is 4.13. The number of aliphatic hydroxyl groups excluding tert-OH is 1. The van der Waals surface area contributed by atoms with E-state index in [9.17, 15) is 8.42 Å². The van der Waals surface area contributed by atoms with Crippen LogP contribution in [-0.4, -0.2) is 27.7 Å². The first-order valence-corrected chi connectivity index (χ1v) is 9.36. The summed E-state index contributed by atoms with van der Waals surface area (Å²) in [6.45, 7) is -0.293. The minimum Gasteiger partial charge on any atom is -0.439 e. The van der Waals surface area contributed by atoms with Gasteiger partial charge in [0.2, 0.25) is 5.89 Å². The maximum Gasteiger partial charge on any atom is 0.283 e. The molecule has 26 heavy (non-hydrogen) atoms. The van der Waals surface area contributed by atoms with Crippen molar-refractivity contribution in [3.63, 3.8) is 0 Å². The maximum absolute atomic E-state index is 12.9. The van der Waals surface area contributed by atoms with Gasteiger partial charge in [0, 0.05) is 16.0 Å². The van der Waals surface area contributed by atoms with E-state index < -0.39 is 10.0 Å². The van der Waals surface area contributed by atoms with Gasteiger partial charge < -0.3 is 9.52 Å². The van der Waals surface area contributed by atoms with E-state index >= 15 is 0 Å². The first kappa shape index (κ1) is 16.8. The minimum atomic E-state index is -3.88. The molecule has 0 amide bonds. The lowest BCUT2D eigenvalue weighted by Gasteiger charge is -2.07. The van der Waals surface area contributed by atoms with E-state index in [1.807, 2.05) is 0 Å². The van der Waals surface area contributed by atoms with E-state index in [1.54, 1.807) is 24.3 Å². The Morgan fingerprint density at radius 3 is 2.62 bits per heavy atom. The fourth-order valence-electron chi connectivity index (χ4n) is 2.64. The van der Waals surface area contributed by atoms with Crippen LogP contribution in [0.2, 0.25) is 5.02 Å². The van der Waals surface area contributed by atoms with E-state index in [0.29, 0.717) is 21.5 Å². The van der Waals surface area contributed by atoms with E-state index in [0.717, 1.165) is 4.09 Å². The van der Waals surface area contributed by atoms with Gasteiger partial charge in [0.25, 0.3) is 10.0 Å². The van der Waals surface area contributed by atoms with Crippen LogP contribution in [-0.2, 0) is 16.6 Å². The topological polar surface area (TPSA) is 98.2 Å². The summed E-state index contributed by atoms with van der Waals surface area (Å²) >= 11 is 6.18. The van der Waals surface area contributed by atoms with E-state index in [-0.39, 0.29) is 23.2 Å². The highest BCUT2D eigenvalue weighted by Gasteiger charge is 2.23. The van der Waals surface area contributed by atoms with Crippen LogP contribution in [0.4, 0.5) is 0 Å². The minimum absolute atomic E-state index is 0.116. The van der Waals surface area contributed by atoms with Gasteiger partial charge in [-0.15, -0.1) is 0 Å². The number of rotatable bonds is 4. The lowest BCUT2D eigenvalue weighted by molar-refractivity contribution is 0.248. The Morgan fingerprint density at radius 2 is 1.92 bits per heavy atom. The van der Waals surface area contributed by atoms with Crippen LogP contribution >= 0.6 is 11.6 Å². The highest BCUT2D eigenvalue weighted by Crippen LogP contribution is 2.33. The van der Waals surface area contributed by atoms with E-state index in [2.05, 4.69) is 10.1 Å². The molecule has 4 rings (SSSR count). The summed E-state index contributed by atoms with van der Waals surface area (Å²) in [7, 11) is -3.88. The summed E-state index contributed by atoms with van der Waals surface area (Å²) in [5, 5.41) is 14.0. The average molecular weight is 390 g/mol. The molecule has 132 valence electrons. The lowest BCUT2D eigenvalue weighted by Crippen LogP contribution is -2.14. The van der Waals surface area contributed by atoms with Gasteiger partial charge in [0.15, 0.2) is 0 Å². The molecule has 0 atom stereocenters. The Morgan fingerprint density at radius 1 is 1.15 bits per heavy atom. The summed E-state index contributed by atoms with van der Waals surface area (Å²) in [4.78, 5) is 4.22. The molecule has 0 radical (unpaired) electrons. The molecule has 7 nitrogen and oxygen atoms in total. The quantitative estimate of drug-likeness (QED) is 0.576. The lowest BCUT2D eigenvalue weighted by atomic mass is 10.1. The molecule has 0 saturated heterocycles. The average Bonchev–Trinajstić information content (AvgIpc) is 3.29. The third kappa shape index (κ3) is 2.68. The molecule has 0 saturated carbocycles. The number of hydrogen-bond donors (Lipinski definition) is 1. The van der Waals surface area contributed by atoms with Crippen LogP contribution in [0.1, 0.15) is 5.76 Å². The molecule has 0 aliphatic carbocycles. The SMILES string of the molecule is O=S(=O)(c1ccccc1)n1ncc2c(-c3ncc(CO)o3)cc(Cl)cc21. The normalized spacial score (nSPS) is 11.9. The first-order chi connectivity index (χ1) is 12.5. The van der Waals surface area contributed by atoms with Gasteiger partial charge in [-0.1, -0.05) is 29.8 Å². The summed E-state index contributed by atoms with van der Waals surface area (Å²) in [6.07, 6.45) is 2.82. The zero-order chi connectivity index (χ0) is 18.3. The first-order valence-electron chi connectivity index (χ1n) is 7.54. The van der Waals surface area contributed by atoms with E-state index in [1.165, 1.54) is 30.6 Å². The summed E-state index contributed by atoms with van der Waals surface area (Å²) < 4.78 is 32.2. The Labute approximate surface area is 153 Å². The zero-order valence-electron chi connectivity index (χ0n) is 13.2. The molecule has 0 fully saturated rings. The third-order valence-corrected chi connectivity index (χ3v) is 5.66. The van der Waals surface area contributed by atoms with Crippen LogP contribution in [0.3, 0.4) is 0 Å². The predicted molar refractivity (Wildman–Crippen MR) is 95.2 cm³/mol. The largest absolute Gasteiger partial charge is 0.439 e. The molecule has 1 N–H and O–H groups in total. The molecule has 2 heterocycles. The van der Waals surface area contributed by atoms with Crippen LogP contribution in [0.5, 0.6) is 0 Å². The third-order valence-electron chi connectivity index (χ3n) is 3.83. The van der Waals surface area contributed by atoms with Crippen molar-refractivity contribution in [2.75, 3.05) is 0 Å². The molecular formula is C17H12ClN3O4S. The number of oxazole rings is 1. The number of fused-ring (bicyclic) bond motifs is 1. The van der Waals surface area contributed by atoms with Gasteiger partial charge in [0.1, 0.15) is 12.4 Å². The number of aromatic nitrogens is 3. The highest BCUT2D eigenvalue weighted by atomic mass is 35.5. The van der Waals surface area contributed by atoms with Crippen LogP contribution in [0.15, 0.2) is 64.2 Å². The maximum atomic E-state index is 12.9. The molecule has 0 aliphatic rings. The second kappa shape index (κ2) is 6.24. The molecule has 9 heteroatoms. The van der Waals surface area contributed by atoms with Gasteiger partial charge in [-0.05, 0) is 24.3 Å². The molecule has 0 bridgehead atoms. The molecule has 0 spiro atoms. The Bertz CT molecular complexity index is 1200. The van der Waals surface area contributed by atoms with Crippen molar-refractivity contribution >= 4 is 32.5 Å². The van der Waals surface area contributed by atoms with Gasteiger partial charge in [-0.2, -0.15) is 17.6 Å². The smallest absolute Gasteiger partial charge is 0.283 e. The number of hydrogen-bond acceptors (Lipinski definition) is 6. The highest BCUT2D eigenvalue weighted by molar-refractivity contribution is 7.90. The number of halogens is 1. The molecular weight excluding hydrogens is 378 g/mol. The molecule has 0 unspecified atom stereocenters. The van der Waals surface area contributed by atoms with Gasteiger partial charge in [-0.25, -0.2) is 4.98 Å². The molecule has 2 aromatic heterocycles. The zero-order valence-corrected chi connectivity index (χ0v) is 14.8. The van der Waals surface area contributed by atoms with Crippen LogP contribution in [0, 0.1) is 0 Å². The standard InChI is InChI=1S/C17H12ClN3O4S/c18-11-6-14(17-19-8-12(10-22)25-17)15-9-20-21(16(15)7-11)26(23,24)13-4-2-1-3-5-13/h1-9,22H,10H2. The second-order valence-electron chi connectivity index (χ2n) is 5.48. The van der Waals surface area contributed by atoms with Gasteiger partial charge >= 0.3 is 0 Å². The number of aliphatic hydroxyl groups is 1. The van der Waals surface area contributed by atoms with Gasteiger partial charge in [0.05, 0.1) is 22.8 Å². The Kier molecular flexibility index (Phi) is 4.03. The summed E-state index contributed by atoms with van der Waals surface area (Å²) in [6, 6.07) is 11.1. The predicted octanol–water partition coefficient (Wildman–Crippen LogP) is 3.07. The summed E-state index contributed by atoms with van der Waals surface area (Å²) in [5.41, 5.74) is 0.793. The van der Waals surface area contributed by atoms with Crippen molar-refractivity contribution in [3.05, 3.63) is 65.6 Å². The van der Waals surface area contributed by atoms with Crippen molar-refractivity contribution < 1.29 is 17.9 Å². The fraction of sp³-hybridized carbons (Fsp3) is 0.0588. The van der Waals surface area contributed by atoms with Crippen molar-refractivity contribution in [1.82, 2.24) is 14.2 Å². The molecule has 2 aromatic carbocycles. The van der Waals surface area contributed by atoms with Crippen LogP contribution in [0.25, 0.3) is 22.4 Å².